The highest BCUT2D eigenvalue weighted by Gasteiger charge is 2.09. The largest absolute Gasteiger partial charge is 0.355 e. The van der Waals surface area contributed by atoms with E-state index in [1.54, 1.807) is 0 Å². The smallest absolute Gasteiger partial charge is 0.193 e. The second kappa shape index (κ2) is 12.7. The van der Waals surface area contributed by atoms with Crippen LogP contribution >= 0.6 is 24.0 Å². The minimum absolute atomic E-state index is 0. The van der Waals surface area contributed by atoms with Crippen LogP contribution in [0.25, 0.3) is 5.69 Å². The molecule has 0 fully saturated rings. The number of hydrogen-bond donors (Lipinski definition) is 1. The van der Waals surface area contributed by atoms with Crippen molar-refractivity contribution in [3.63, 3.8) is 0 Å². The third-order valence-electron chi connectivity index (χ3n) is 4.32. The first kappa shape index (κ1) is 23.4. The van der Waals surface area contributed by atoms with Crippen molar-refractivity contribution in [1.29, 1.82) is 0 Å². The highest BCUT2D eigenvalue weighted by atomic mass is 127. The zero-order valence-electron chi connectivity index (χ0n) is 16.9. The van der Waals surface area contributed by atoms with Crippen LogP contribution in [-0.4, -0.2) is 66.3 Å². The monoisotopic (exact) mass is 484 g/mol. The number of halogens is 1. The van der Waals surface area contributed by atoms with Gasteiger partial charge in [0.1, 0.15) is 0 Å². The molecule has 6 nitrogen and oxygen atoms in total. The summed E-state index contributed by atoms with van der Waals surface area (Å²) in [5.41, 5.74) is 2.22. The SMILES string of the molecule is CCCCN(C)CCNC(=NC)N(C)Cc1cnn(-c2ccccc2)c1.I. The second-order valence-electron chi connectivity index (χ2n) is 6.62. The molecule has 0 aliphatic carbocycles. The predicted octanol–water partition coefficient (Wildman–Crippen LogP) is 3.23. The molecule has 1 heterocycles. The number of nitrogens with one attached hydrogen (secondary N) is 1. The van der Waals surface area contributed by atoms with Gasteiger partial charge in [0.2, 0.25) is 0 Å². The number of rotatable bonds is 9. The van der Waals surface area contributed by atoms with Crippen LogP contribution in [0.5, 0.6) is 0 Å². The van der Waals surface area contributed by atoms with Crippen molar-refractivity contribution in [3.8, 4) is 5.69 Å². The Labute approximate surface area is 180 Å². The first-order valence-electron chi connectivity index (χ1n) is 9.33. The number of hydrogen-bond acceptors (Lipinski definition) is 3. The molecule has 0 radical (unpaired) electrons. The standard InChI is InChI=1S/C20H32N6.HI/c1-5-6-13-24(3)14-12-22-20(21-2)25(4)16-18-15-23-26(17-18)19-10-8-7-9-11-19;/h7-11,15,17H,5-6,12-14,16H2,1-4H3,(H,21,22);1H. The molecule has 1 aromatic carbocycles. The van der Waals surface area contributed by atoms with E-state index in [-0.39, 0.29) is 24.0 Å². The first-order valence-corrected chi connectivity index (χ1v) is 9.33. The maximum Gasteiger partial charge on any atom is 0.193 e. The Balaban J connectivity index is 0.00000364. The van der Waals surface area contributed by atoms with Gasteiger partial charge < -0.3 is 15.1 Å². The van der Waals surface area contributed by atoms with Crippen molar-refractivity contribution < 1.29 is 0 Å². The van der Waals surface area contributed by atoms with Crippen molar-refractivity contribution >= 4 is 29.9 Å². The number of aromatic nitrogens is 2. The Hall–Kier alpha value is -1.61. The number of para-hydroxylation sites is 1. The fourth-order valence-corrected chi connectivity index (χ4v) is 2.80. The lowest BCUT2D eigenvalue weighted by molar-refractivity contribution is 0.330. The highest BCUT2D eigenvalue weighted by Crippen LogP contribution is 2.09. The number of unbranched alkanes of at least 4 members (excludes halogenated alkanes) is 1. The van der Waals surface area contributed by atoms with Crippen LogP contribution < -0.4 is 5.32 Å². The van der Waals surface area contributed by atoms with Gasteiger partial charge in [0.15, 0.2) is 5.96 Å². The fourth-order valence-electron chi connectivity index (χ4n) is 2.80. The van der Waals surface area contributed by atoms with E-state index in [2.05, 4.69) is 64.6 Å². The van der Waals surface area contributed by atoms with E-state index < -0.39 is 0 Å². The molecule has 7 heteroatoms. The van der Waals surface area contributed by atoms with Gasteiger partial charge >= 0.3 is 0 Å². The van der Waals surface area contributed by atoms with Gasteiger partial charge in [0, 0.05) is 45.5 Å². The Morgan fingerprint density at radius 2 is 1.93 bits per heavy atom. The number of likely N-dealkylation sites (N-methyl/N-ethyl adjacent to an activating group) is 1. The van der Waals surface area contributed by atoms with E-state index in [0.29, 0.717) is 0 Å². The first-order chi connectivity index (χ1) is 12.6. The van der Waals surface area contributed by atoms with Gasteiger partial charge in [-0.15, -0.1) is 24.0 Å². The van der Waals surface area contributed by atoms with E-state index in [9.17, 15) is 0 Å². The summed E-state index contributed by atoms with van der Waals surface area (Å²) < 4.78 is 1.90. The minimum Gasteiger partial charge on any atom is -0.355 e. The molecule has 0 aliphatic rings. The molecule has 1 aromatic heterocycles. The molecule has 0 unspecified atom stereocenters. The third kappa shape index (κ3) is 7.88. The molecule has 0 bridgehead atoms. The summed E-state index contributed by atoms with van der Waals surface area (Å²) in [6, 6.07) is 10.2. The molecular weight excluding hydrogens is 451 g/mol. The lowest BCUT2D eigenvalue weighted by Gasteiger charge is -2.23. The van der Waals surface area contributed by atoms with Gasteiger partial charge in [-0.2, -0.15) is 5.10 Å². The molecule has 1 N–H and O–H groups in total. The lowest BCUT2D eigenvalue weighted by Crippen LogP contribution is -2.41. The Kier molecular flexibility index (Phi) is 11.0. The van der Waals surface area contributed by atoms with Gasteiger partial charge in [0.25, 0.3) is 0 Å². The van der Waals surface area contributed by atoms with Gasteiger partial charge in [0.05, 0.1) is 11.9 Å². The minimum atomic E-state index is 0. The van der Waals surface area contributed by atoms with E-state index in [4.69, 9.17) is 0 Å². The average Bonchev–Trinajstić information content (AvgIpc) is 3.12. The quantitative estimate of drug-likeness (QED) is 0.338. The molecule has 2 aromatic rings. The predicted molar refractivity (Wildman–Crippen MR) is 124 cm³/mol. The molecule has 150 valence electrons. The molecule has 0 saturated carbocycles. The molecule has 0 spiro atoms. The van der Waals surface area contributed by atoms with Crippen molar-refractivity contribution in [3.05, 3.63) is 48.3 Å². The lowest BCUT2D eigenvalue weighted by atomic mass is 10.3. The zero-order valence-corrected chi connectivity index (χ0v) is 19.3. The Morgan fingerprint density at radius 1 is 1.19 bits per heavy atom. The third-order valence-corrected chi connectivity index (χ3v) is 4.32. The number of nitrogens with zero attached hydrogens (tertiary/aromatic N) is 5. The van der Waals surface area contributed by atoms with Crippen molar-refractivity contribution in [2.75, 3.05) is 40.8 Å². The van der Waals surface area contributed by atoms with Gasteiger partial charge in [-0.1, -0.05) is 31.5 Å². The van der Waals surface area contributed by atoms with Crippen molar-refractivity contribution in [2.24, 2.45) is 4.99 Å². The van der Waals surface area contributed by atoms with E-state index >= 15 is 0 Å². The molecule has 0 aliphatic heterocycles. The summed E-state index contributed by atoms with van der Waals surface area (Å²) in [4.78, 5) is 8.87. The summed E-state index contributed by atoms with van der Waals surface area (Å²) in [7, 11) is 6.05. The normalized spacial score (nSPS) is 11.4. The topological polar surface area (TPSA) is 48.7 Å². The summed E-state index contributed by atoms with van der Waals surface area (Å²) >= 11 is 0. The summed E-state index contributed by atoms with van der Waals surface area (Å²) in [5, 5.41) is 7.90. The van der Waals surface area contributed by atoms with Gasteiger partial charge in [-0.25, -0.2) is 4.68 Å². The highest BCUT2D eigenvalue weighted by molar-refractivity contribution is 14.0. The van der Waals surface area contributed by atoms with Crippen molar-refractivity contribution in [2.45, 2.75) is 26.3 Å². The molecule has 27 heavy (non-hydrogen) atoms. The number of guanidine groups is 1. The summed E-state index contributed by atoms with van der Waals surface area (Å²) in [6.07, 6.45) is 6.46. The molecule has 2 rings (SSSR count). The van der Waals surface area contributed by atoms with Crippen LogP contribution in [0.2, 0.25) is 0 Å². The van der Waals surface area contributed by atoms with Gasteiger partial charge in [-0.05, 0) is 32.1 Å². The average molecular weight is 484 g/mol. The Bertz CT molecular complexity index is 670. The van der Waals surface area contributed by atoms with Crippen molar-refractivity contribution in [1.82, 2.24) is 24.9 Å². The van der Waals surface area contributed by atoms with Crippen LogP contribution in [0, 0.1) is 0 Å². The fraction of sp³-hybridized carbons (Fsp3) is 0.500. The van der Waals surface area contributed by atoms with Crippen LogP contribution in [0.15, 0.2) is 47.7 Å². The number of aliphatic imine (C=N–C) groups is 1. The Morgan fingerprint density at radius 3 is 2.59 bits per heavy atom. The zero-order chi connectivity index (χ0) is 18.8. The molecule has 0 amide bonds. The van der Waals surface area contributed by atoms with E-state index in [0.717, 1.165) is 43.4 Å². The maximum absolute atomic E-state index is 4.46. The second-order valence-corrected chi connectivity index (χ2v) is 6.62. The van der Waals surface area contributed by atoms with Crippen LogP contribution in [-0.2, 0) is 6.54 Å². The van der Waals surface area contributed by atoms with Crippen LogP contribution in [0.1, 0.15) is 25.3 Å². The summed E-state index contributed by atoms with van der Waals surface area (Å²) in [5.74, 6) is 0.904. The van der Waals surface area contributed by atoms with Crippen LogP contribution in [0.3, 0.4) is 0 Å². The maximum atomic E-state index is 4.46. The van der Waals surface area contributed by atoms with Gasteiger partial charge in [-0.3, -0.25) is 4.99 Å². The van der Waals surface area contributed by atoms with Crippen LogP contribution in [0.4, 0.5) is 0 Å². The van der Waals surface area contributed by atoms with E-state index in [1.165, 1.54) is 12.8 Å². The number of benzene rings is 1. The molecule has 0 atom stereocenters. The molecular formula is C20H33IN6. The van der Waals surface area contributed by atoms with E-state index in [1.807, 2.05) is 36.1 Å². The summed E-state index contributed by atoms with van der Waals surface area (Å²) in [6.45, 7) is 6.03. The molecule has 0 saturated heterocycles.